The maximum atomic E-state index is 13.5. The van der Waals surface area contributed by atoms with Gasteiger partial charge in [-0.2, -0.15) is 5.10 Å². The molecule has 2 fully saturated rings. The van der Waals surface area contributed by atoms with Gasteiger partial charge in [-0.25, -0.2) is 9.67 Å². The van der Waals surface area contributed by atoms with Crippen molar-refractivity contribution in [2.24, 2.45) is 23.2 Å². The molecule has 7 heteroatoms. The fourth-order valence-corrected chi connectivity index (χ4v) is 8.21. The van der Waals surface area contributed by atoms with Gasteiger partial charge in [-0.1, -0.05) is 50.1 Å². The molecular formula is C34H41N3O4. The molecule has 2 saturated carbocycles. The second-order valence-electron chi connectivity index (χ2n) is 12.5. The van der Waals surface area contributed by atoms with Crippen LogP contribution in [0.1, 0.15) is 70.1 Å². The molecule has 0 spiro atoms. The van der Waals surface area contributed by atoms with Crippen molar-refractivity contribution in [2.75, 3.05) is 6.61 Å². The number of carbonyl (C=O) groups excluding carboxylic acids is 1. The van der Waals surface area contributed by atoms with Gasteiger partial charge in [-0.05, 0) is 92.5 Å². The molecule has 3 aromatic rings. The molecular weight excluding hydrogens is 514 g/mol. The average molecular weight is 556 g/mol. The topological polar surface area (TPSA) is 97.5 Å². The van der Waals surface area contributed by atoms with Crippen molar-refractivity contribution in [3.8, 4) is 11.6 Å². The summed E-state index contributed by atoms with van der Waals surface area (Å²) in [4.78, 5) is 17.6. The number of rotatable bonds is 9. The van der Waals surface area contributed by atoms with Crippen molar-refractivity contribution in [1.82, 2.24) is 14.8 Å². The Kier molecular flexibility index (Phi) is 7.60. The number of aliphatic hydroxyl groups is 2. The number of aliphatic hydroxyl groups excluding tert-OH is 1. The second kappa shape index (κ2) is 11.2. The minimum absolute atomic E-state index is 0.157. The summed E-state index contributed by atoms with van der Waals surface area (Å²) in [5, 5.41) is 28.0. The van der Waals surface area contributed by atoms with Crippen LogP contribution < -0.4 is 4.74 Å². The number of hydrogen-bond donors (Lipinski definition) is 2. The molecule has 0 radical (unpaired) electrons. The normalized spacial score (nSPS) is 30.8. The SMILES string of the molecule is CCC1C(O)CC2(C)C(CCC2(O)C(=O)COc2ccccn2)C1CCC1=Cc2c(cnn2-c2ccccc2)CC1. The Morgan fingerprint density at radius 2 is 1.93 bits per heavy atom. The van der Waals surface area contributed by atoms with Crippen molar-refractivity contribution in [3.63, 3.8) is 0 Å². The molecule has 3 aliphatic rings. The van der Waals surface area contributed by atoms with Crippen LogP contribution in [0.4, 0.5) is 0 Å². The number of carbonyl (C=O) groups is 1. The summed E-state index contributed by atoms with van der Waals surface area (Å²) in [6, 6.07) is 15.5. The van der Waals surface area contributed by atoms with E-state index in [9.17, 15) is 15.0 Å². The number of ketones is 1. The molecule has 216 valence electrons. The van der Waals surface area contributed by atoms with E-state index < -0.39 is 17.1 Å². The molecule has 0 aliphatic heterocycles. The first-order valence-electron chi connectivity index (χ1n) is 15.1. The average Bonchev–Trinajstić information content (AvgIpc) is 3.53. The summed E-state index contributed by atoms with van der Waals surface area (Å²) in [6.45, 7) is 3.95. The van der Waals surface area contributed by atoms with E-state index in [2.05, 4.69) is 35.2 Å². The molecule has 6 rings (SSSR count). The summed E-state index contributed by atoms with van der Waals surface area (Å²) < 4.78 is 7.69. The second-order valence-corrected chi connectivity index (χ2v) is 12.5. The van der Waals surface area contributed by atoms with Crippen LogP contribution in [0.2, 0.25) is 0 Å². The predicted molar refractivity (Wildman–Crippen MR) is 158 cm³/mol. The first kappa shape index (κ1) is 27.9. The molecule has 0 saturated heterocycles. The molecule has 3 aliphatic carbocycles. The van der Waals surface area contributed by atoms with Crippen LogP contribution >= 0.6 is 0 Å². The lowest BCUT2D eigenvalue weighted by Crippen LogP contribution is -2.59. The van der Waals surface area contributed by atoms with E-state index in [1.54, 1.807) is 24.4 Å². The van der Waals surface area contributed by atoms with Crippen LogP contribution in [-0.2, 0) is 11.2 Å². The highest BCUT2D eigenvalue weighted by atomic mass is 16.5. The number of nitrogens with zero attached hydrogens (tertiary/aromatic N) is 3. The van der Waals surface area contributed by atoms with E-state index in [0.717, 1.165) is 49.9 Å². The van der Waals surface area contributed by atoms with Gasteiger partial charge in [0.2, 0.25) is 11.7 Å². The molecule has 6 unspecified atom stereocenters. The highest BCUT2D eigenvalue weighted by molar-refractivity contribution is 5.90. The highest BCUT2D eigenvalue weighted by Crippen LogP contribution is 2.62. The summed E-state index contributed by atoms with van der Waals surface area (Å²) in [5.74, 6) is 0.604. The van der Waals surface area contributed by atoms with Gasteiger partial charge >= 0.3 is 0 Å². The number of benzene rings is 1. The summed E-state index contributed by atoms with van der Waals surface area (Å²) in [6.07, 6.45) is 11.7. The minimum atomic E-state index is -1.52. The van der Waals surface area contributed by atoms with Crippen molar-refractivity contribution in [3.05, 3.63) is 77.8 Å². The number of aromatic nitrogens is 3. The maximum absolute atomic E-state index is 13.5. The number of aryl methyl sites for hydroxylation is 1. The Hall–Kier alpha value is -3.29. The zero-order valence-electron chi connectivity index (χ0n) is 24.1. The molecule has 6 atom stereocenters. The van der Waals surface area contributed by atoms with E-state index in [4.69, 9.17) is 4.74 Å². The van der Waals surface area contributed by atoms with Crippen LogP contribution in [0.15, 0.2) is 66.5 Å². The Bertz CT molecular complexity index is 1400. The van der Waals surface area contributed by atoms with Crippen molar-refractivity contribution in [2.45, 2.75) is 76.9 Å². The number of ether oxygens (including phenoxy) is 1. The standard InChI is InChI=1S/C34H41N3O4/c1-3-26-27(15-13-23-12-14-24-21-36-37(29(24)19-23)25-9-5-4-6-10-25)28-16-17-34(40,33(28,2)20-30(26)38)31(39)22-41-32-11-7-8-18-35-32/h4-11,18-19,21,26-28,30,38,40H,3,12-17,20,22H2,1-2H3. The van der Waals surface area contributed by atoms with Crippen molar-refractivity contribution >= 4 is 11.9 Å². The van der Waals surface area contributed by atoms with Crippen LogP contribution in [0, 0.1) is 23.2 Å². The summed E-state index contributed by atoms with van der Waals surface area (Å²) in [7, 11) is 0. The van der Waals surface area contributed by atoms with Gasteiger partial charge in [0.15, 0.2) is 6.61 Å². The van der Waals surface area contributed by atoms with Gasteiger partial charge in [0.1, 0.15) is 5.60 Å². The van der Waals surface area contributed by atoms with Gasteiger partial charge in [0, 0.05) is 17.7 Å². The molecule has 7 nitrogen and oxygen atoms in total. The monoisotopic (exact) mass is 555 g/mol. The first-order valence-corrected chi connectivity index (χ1v) is 15.1. The minimum Gasteiger partial charge on any atom is -0.470 e. The van der Waals surface area contributed by atoms with Gasteiger partial charge in [-0.3, -0.25) is 4.79 Å². The largest absolute Gasteiger partial charge is 0.470 e. The zero-order chi connectivity index (χ0) is 28.6. The first-order chi connectivity index (χ1) is 19.8. The maximum Gasteiger partial charge on any atom is 0.213 e. The summed E-state index contributed by atoms with van der Waals surface area (Å²) in [5.41, 5.74) is 2.67. The van der Waals surface area contributed by atoms with Crippen molar-refractivity contribution in [1.29, 1.82) is 0 Å². The van der Waals surface area contributed by atoms with E-state index in [0.29, 0.717) is 18.7 Å². The molecule has 1 aromatic carbocycles. The lowest BCUT2D eigenvalue weighted by Gasteiger charge is -2.53. The number of allylic oxidation sites excluding steroid dienone is 1. The Morgan fingerprint density at radius 1 is 1.12 bits per heavy atom. The third-order valence-corrected chi connectivity index (χ3v) is 10.4. The Morgan fingerprint density at radius 3 is 2.68 bits per heavy atom. The fraction of sp³-hybridized carbons (Fsp3) is 0.500. The number of fused-ring (bicyclic) bond motifs is 2. The van der Waals surface area contributed by atoms with Crippen molar-refractivity contribution < 1.29 is 19.7 Å². The van der Waals surface area contributed by atoms with Crippen LogP contribution in [0.3, 0.4) is 0 Å². The predicted octanol–water partition coefficient (Wildman–Crippen LogP) is 5.58. The highest BCUT2D eigenvalue weighted by Gasteiger charge is 2.65. The Labute approximate surface area is 242 Å². The fourth-order valence-electron chi connectivity index (χ4n) is 8.21. The number of para-hydroxylation sites is 1. The van der Waals surface area contributed by atoms with E-state index >= 15 is 0 Å². The smallest absolute Gasteiger partial charge is 0.213 e. The zero-order valence-corrected chi connectivity index (χ0v) is 24.1. The lowest BCUT2D eigenvalue weighted by molar-refractivity contribution is -0.170. The molecule has 2 heterocycles. The molecule has 0 bridgehead atoms. The number of hydrogen-bond acceptors (Lipinski definition) is 6. The molecule has 41 heavy (non-hydrogen) atoms. The van der Waals surface area contributed by atoms with Gasteiger partial charge in [0.25, 0.3) is 0 Å². The van der Waals surface area contributed by atoms with Gasteiger partial charge < -0.3 is 14.9 Å². The molecule has 0 amide bonds. The van der Waals surface area contributed by atoms with Crippen LogP contribution in [0.5, 0.6) is 5.88 Å². The third kappa shape index (κ3) is 4.93. The molecule has 2 aromatic heterocycles. The molecule has 2 N–H and O–H groups in total. The van der Waals surface area contributed by atoms with E-state index in [1.165, 1.54) is 11.1 Å². The quantitative estimate of drug-likeness (QED) is 0.358. The Balaban J connectivity index is 1.20. The van der Waals surface area contributed by atoms with Gasteiger partial charge in [-0.15, -0.1) is 0 Å². The van der Waals surface area contributed by atoms with Crippen LogP contribution in [-0.4, -0.2) is 49.1 Å². The number of pyridine rings is 1. The van der Waals surface area contributed by atoms with E-state index in [-0.39, 0.29) is 30.1 Å². The number of Topliss-reactive ketones (excluding diaryl/α,β-unsaturated/α-hetero) is 1. The lowest BCUT2D eigenvalue weighted by atomic mass is 9.54. The third-order valence-electron chi connectivity index (χ3n) is 10.4. The summed E-state index contributed by atoms with van der Waals surface area (Å²) >= 11 is 0. The van der Waals surface area contributed by atoms with E-state index in [1.807, 2.05) is 36.0 Å². The van der Waals surface area contributed by atoms with Gasteiger partial charge in [0.05, 0.1) is 23.7 Å². The van der Waals surface area contributed by atoms with Crippen LogP contribution in [0.25, 0.3) is 11.8 Å².